The molecule has 7 heteroatoms. The first-order chi connectivity index (χ1) is 8.03. The molecule has 0 atom stereocenters. The average Bonchev–Trinajstić information content (AvgIpc) is 2.19. The largest absolute Gasteiger partial charge is 0.398 e. The minimum atomic E-state index is -3.69. The monoisotopic (exact) mass is 336 g/mol. The standard InChI is InChI=1S/C11H17BrN2O3S/c1-7-9(13)4-8(12)5-10(7)18(16,17)14-6-11(2,3)15/h4-5,14-15H,6,13H2,1-3H3. The van der Waals surface area contributed by atoms with Crippen LogP contribution in [0.15, 0.2) is 21.5 Å². The van der Waals surface area contributed by atoms with Gasteiger partial charge in [0.1, 0.15) is 0 Å². The number of aliphatic hydroxyl groups is 1. The maximum atomic E-state index is 12.1. The van der Waals surface area contributed by atoms with Crippen LogP contribution in [0.3, 0.4) is 0 Å². The maximum Gasteiger partial charge on any atom is 0.241 e. The normalized spacial score (nSPS) is 12.7. The molecule has 1 aromatic carbocycles. The molecule has 0 saturated carbocycles. The van der Waals surface area contributed by atoms with Gasteiger partial charge in [0, 0.05) is 16.7 Å². The molecule has 0 bridgehead atoms. The Hall–Kier alpha value is -0.630. The highest BCUT2D eigenvalue weighted by molar-refractivity contribution is 9.10. The molecule has 1 aromatic rings. The average molecular weight is 337 g/mol. The van der Waals surface area contributed by atoms with Crippen molar-refractivity contribution < 1.29 is 13.5 Å². The fourth-order valence-electron chi connectivity index (χ4n) is 1.30. The van der Waals surface area contributed by atoms with Crippen LogP contribution in [0.5, 0.6) is 0 Å². The van der Waals surface area contributed by atoms with E-state index in [0.29, 0.717) is 15.7 Å². The van der Waals surface area contributed by atoms with Gasteiger partial charge in [0.2, 0.25) is 10.0 Å². The third kappa shape index (κ3) is 3.94. The number of nitrogens with one attached hydrogen (secondary N) is 1. The molecular formula is C11H17BrN2O3S. The molecule has 18 heavy (non-hydrogen) atoms. The molecule has 0 saturated heterocycles. The highest BCUT2D eigenvalue weighted by Gasteiger charge is 2.22. The topological polar surface area (TPSA) is 92.4 Å². The second kappa shape index (κ2) is 5.16. The van der Waals surface area contributed by atoms with Crippen molar-refractivity contribution in [3.8, 4) is 0 Å². The molecule has 0 unspecified atom stereocenters. The number of rotatable bonds is 4. The highest BCUT2D eigenvalue weighted by Crippen LogP contribution is 2.26. The predicted molar refractivity (Wildman–Crippen MR) is 74.8 cm³/mol. The summed E-state index contributed by atoms with van der Waals surface area (Å²) in [5, 5.41) is 9.55. The summed E-state index contributed by atoms with van der Waals surface area (Å²) in [5.41, 5.74) is 5.50. The Balaban J connectivity index is 3.13. The lowest BCUT2D eigenvalue weighted by molar-refractivity contribution is 0.0857. The quantitative estimate of drug-likeness (QED) is 0.724. The van der Waals surface area contributed by atoms with Crippen LogP contribution >= 0.6 is 15.9 Å². The zero-order chi connectivity index (χ0) is 14.1. The molecule has 0 aliphatic carbocycles. The number of hydrogen-bond acceptors (Lipinski definition) is 4. The smallest absolute Gasteiger partial charge is 0.241 e. The number of nitrogens with two attached hydrogens (primary N) is 1. The zero-order valence-electron chi connectivity index (χ0n) is 10.5. The third-order valence-electron chi connectivity index (χ3n) is 2.35. The minimum absolute atomic E-state index is 0.0683. The SMILES string of the molecule is Cc1c(N)cc(Br)cc1S(=O)(=O)NCC(C)(C)O. The van der Waals surface area contributed by atoms with Crippen molar-refractivity contribution >= 4 is 31.6 Å². The molecule has 4 N–H and O–H groups in total. The van der Waals surface area contributed by atoms with E-state index >= 15 is 0 Å². The van der Waals surface area contributed by atoms with Crippen molar-refractivity contribution in [2.45, 2.75) is 31.3 Å². The van der Waals surface area contributed by atoms with Crippen LogP contribution in [0.1, 0.15) is 19.4 Å². The van der Waals surface area contributed by atoms with Crippen LogP contribution in [0.2, 0.25) is 0 Å². The van der Waals surface area contributed by atoms with Crippen molar-refractivity contribution in [3.63, 3.8) is 0 Å². The van der Waals surface area contributed by atoms with Crippen molar-refractivity contribution in [1.82, 2.24) is 4.72 Å². The van der Waals surface area contributed by atoms with Crippen LogP contribution < -0.4 is 10.5 Å². The minimum Gasteiger partial charge on any atom is -0.398 e. The second-order valence-corrected chi connectivity index (χ2v) is 7.41. The van der Waals surface area contributed by atoms with E-state index in [1.54, 1.807) is 13.0 Å². The molecule has 0 aromatic heterocycles. The van der Waals surface area contributed by atoms with E-state index < -0.39 is 15.6 Å². The van der Waals surface area contributed by atoms with Crippen LogP contribution in [0, 0.1) is 6.92 Å². The van der Waals surface area contributed by atoms with E-state index in [4.69, 9.17) is 5.73 Å². The highest BCUT2D eigenvalue weighted by atomic mass is 79.9. The van der Waals surface area contributed by atoms with Crippen molar-refractivity contribution in [1.29, 1.82) is 0 Å². The number of sulfonamides is 1. The Bertz CT molecular complexity index is 550. The van der Waals surface area contributed by atoms with Gasteiger partial charge in [-0.3, -0.25) is 0 Å². The fraction of sp³-hybridized carbons (Fsp3) is 0.455. The summed E-state index contributed by atoms with van der Waals surface area (Å²) in [6.45, 7) is 4.62. The van der Waals surface area contributed by atoms with E-state index in [2.05, 4.69) is 20.7 Å². The Morgan fingerprint density at radius 3 is 2.50 bits per heavy atom. The van der Waals surface area contributed by atoms with Crippen molar-refractivity contribution in [2.75, 3.05) is 12.3 Å². The second-order valence-electron chi connectivity index (χ2n) is 4.76. The molecule has 5 nitrogen and oxygen atoms in total. The van der Waals surface area contributed by atoms with Gasteiger partial charge in [0.05, 0.1) is 10.5 Å². The van der Waals surface area contributed by atoms with Crippen LogP contribution in [0.4, 0.5) is 5.69 Å². The van der Waals surface area contributed by atoms with Gasteiger partial charge < -0.3 is 10.8 Å². The van der Waals surface area contributed by atoms with Crippen LogP contribution in [-0.2, 0) is 10.0 Å². The van der Waals surface area contributed by atoms with E-state index in [1.807, 2.05) is 0 Å². The number of anilines is 1. The lowest BCUT2D eigenvalue weighted by atomic mass is 10.1. The van der Waals surface area contributed by atoms with Gasteiger partial charge in [-0.25, -0.2) is 13.1 Å². The molecule has 102 valence electrons. The summed E-state index contributed by atoms with van der Waals surface area (Å²) in [5.74, 6) is 0. The van der Waals surface area contributed by atoms with Gasteiger partial charge in [0.25, 0.3) is 0 Å². The fourth-order valence-corrected chi connectivity index (χ4v) is 3.43. The summed E-state index contributed by atoms with van der Waals surface area (Å²) in [4.78, 5) is 0.110. The Labute approximate surface area is 116 Å². The molecule has 0 aliphatic heterocycles. The first kappa shape index (κ1) is 15.4. The van der Waals surface area contributed by atoms with Gasteiger partial charge >= 0.3 is 0 Å². The van der Waals surface area contributed by atoms with Crippen LogP contribution in [0.25, 0.3) is 0 Å². The summed E-state index contributed by atoms with van der Waals surface area (Å²) in [6.07, 6.45) is 0. The molecule has 0 spiro atoms. The first-order valence-electron chi connectivity index (χ1n) is 5.30. The van der Waals surface area contributed by atoms with E-state index in [9.17, 15) is 13.5 Å². The predicted octanol–water partition coefficient (Wildman–Crippen LogP) is 1.39. The lowest BCUT2D eigenvalue weighted by Crippen LogP contribution is -2.38. The molecule has 0 radical (unpaired) electrons. The third-order valence-corrected chi connectivity index (χ3v) is 4.33. The molecule has 0 aliphatic rings. The van der Waals surface area contributed by atoms with E-state index in [0.717, 1.165) is 0 Å². The Morgan fingerprint density at radius 2 is 2.00 bits per heavy atom. The summed E-state index contributed by atoms with van der Waals surface area (Å²) in [7, 11) is -3.69. The lowest BCUT2D eigenvalue weighted by Gasteiger charge is -2.18. The van der Waals surface area contributed by atoms with Gasteiger partial charge in [-0.15, -0.1) is 0 Å². The van der Waals surface area contributed by atoms with Gasteiger partial charge in [0.15, 0.2) is 0 Å². The summed E-state index contributed by atoms with van der Waals surface area (Å²) in [6, 6.07) is 3.13. The van der Waals surface area contributed by atoms with Gasteiger partial charge in [-0.05, 0) is 38.5 Å². The summed E-state index contributed by atoms with van der Waals surface area (Å²) < 4.78 is 27.2. The zero-order valence-corrected chi connectivity index (χ0v) is 12.9. The number of nitrogen functional groups attached to an aromatic ring is 1. The molecule has 0 fully saturated rings. The number of hydrogen-bond donors (Lipinski definition) is 3. The number of halogens is 1. The van der Waals surface area contributed by atoms with Crippen molar-refractivity contribution in [2.24, 2.45) is 0 Å². The van der Waals surface area contributed by atoms with E-state index in [-0.39, 0.29) is 11.4 Å². The number of benzene rings is 1. The Kier molecular flexibility index (Phi) is 4.42. The van der Waals surface area contributed by atoms with Crippen molar-refractivity contribution in [3.05, 3.63) is 22.2 Å². The molecule has 0 amide bonds. The van der Waals surface area contributed by atoms with Gasteiger partial charge in [-0.1, -0.05) is 15.9 Å². The first-order valence-corrected chi connectivity index (χ1v) is 7.58. The molecule has 0 heterocycles. The molecular weight excluding hydrogens is 320 g/mol. The van der Waals surface area contributed by atoms with Gasteiger partial charge in [-0.2, -0.15) is 0 Å². The Morgan fingerprint density at radius 1 is 1.44 bits per heavy atom. The maximum absolute atomic E-state index is 12.1. The van der Waals surface area contributed by atoms with Crippen LogP contribution in [-0.4, -0.2) is 25.7 Å². The van der Waals surface area contributed by atoms with E-state index in [1.165, 1.54) is 19.9 Å². The summed E-state index contributed by atoms with van der Waals surface area (Å²) >= 11 is 3.21. The molecule has 1 rings (SSSR count).